The van der Waals surface area contributed by atoms with E-state index >= 15 is 0 Å². The van der Waals surface area contributed by atoms with Gasteiger partial charge in [0.15, 0.2) is 0 Å². The van der Waals surface area contributed by atoms with Gasteiger partial charge in [-0.1, -0.05) is 67.8 Å². The number of nitrogens with one attached hydrogen (secondary N) is 1. The van der Waals surface area contributed by atoms with Crippen LogP contribution in [-0.2, 0) is 26.2 Å². The van der Waals surface area contributed by atoms with E-state index in [4.69, 9.17) is 9.47 Å². The molecule has 1 fully saturated rings. The smallest absolute Gasteiger partial charge is 0.264 e. The molecule has 0 saturated heterocycles. The summed E-state index contributed by atoms with van der Waals surface area (Å²) in [6.07, 6.45) is 4.30. The normalized spacial score (nSPS) is 14.1. The van der Waals surface area contributed by atoms with Gasteiger partial charge in [-0.05, 0) is 56.0 Å². The Balaban J connectivity index is 1.77. The Morgan fingerprint density at radius 2 is 1.63 bits per heavy atom. The molecule has 1 aliphatic rings. The zero-order valence-corrected chi connectivity index (χ0v) is 26.1. The Morgan fingerprint density at radius 1 is 0.953 bits per heavy atom. The fourth-order valence-electron chi connectivity index (χ4n) is 5.40. The van der Waals surface area contributed by atoms with Crippen LogP contribution in [0.25, 0.3) is 0 Å². The third-order valence-corrected chi connectivity index (χ3v) is 9.60. The standard InChI is InChI=1S/C33H41N3O6S/c1-5-29(33(38)34-26-11-9-10-12-26)35(22-25-17-15-24(2)16-18-25)32(37)23-36(43(39,40)28-13-7-6-8-14-28)30-21-27(41-3)19-20-31(30)42-4/h6-8,13-21,26,29H,5,9-12,22-23H2,1-4H3,(H,34,38)/t29-/m0/s1. The number of carbonyl (C=O) groups is 2. The number of carbonyl (C=O) groups excluding carboxylic acids is 2. The molecule has 230 valence electrons. The Morgan fingerprint density at radius 3 is 2.23 bits per heavy atom. The van der Waals surface area contributed by atoms with Crippen LogP contribution in [0.3, 0.4) is 0 Å². The third-order valence-electron chi connectivity index (χ3n) is 7.83. The van der Waals surface area contributed by atoms with Crippen molar-refractivity contribution >= 4 is 27.5 Å². The Labute approximate surface area is 254 Å². The zero-order chi connectivity index (χ0) is 31.0. The highest BCUT2D eigenvalue weighted by Crippen LogP contribution is 2.36. The largest absolute Gasteiger partial charge is 0.497 e. The molecule has 0 radical (unpaired) electrons. The molecule has 1 N–H and O–H groups in total. The number of sulfonamides is 1. The number of aryl methyl sites for hydroxylation is 1. The van der Waals surface area contributed by atoms with E-state index in [0.717, 1.165) is 41.1 Å². The summed E-state index contributed by atoms with van der Waals surface area (Å²) in [6, 6.07) is 19.7. The van der Waals surface area contributed by atoms with E-state index in [0.29, 0.717) is 12.2 Å². The number of anilines is 1. The van der Waals surface area contributed by atoms with Crippen LogP contribution in [0.4, 0.5) is 5.69 Å². The van der Waals surface area contributed by atoms with Gasteiger partial charge < -0.3 is 19.7 Å². The van der Waals surface area contributed by atoms with Crippen molar-refractivity contribution in [2.45, 2.75) is 69.5 Å². The molecule has 4 rings (SSSR count). The molecular formula is C33H41N3O6S. The van der Waals surface area contributed by atoms with E-state index in [1.54, 1.807) is 30.3 Å². The molecule has 1 aliphatic carbocycles. The van der Waals surface area contributed by atoms with Gasteiger partial charge >= 0.3 is 0 Å². The minimum Gasteiger partial charge on any atom is -0.497 e. The van der Waals surface area contributed by atoms with Gasteiger partial charge in [0, 0.05) is 18.7 Å². The molecule has 43 heavy (non-hydrogen) atoms. The van der Waals surface area contributed by atoms with E-state index in [-0.39, 0.29) is 34.8 Å². The summed E-state index contributed by atoms with van der Waals surface area (Å²) in [4.78, 5) is 29.5. The van der Waals surface area contributed by atoms with Crippen LogP contribution in [0.15, 0.2) is 77.7 Å². The maximum Gasteiger partial charge on any atom is 0.264 e. The van der Waals surface area contributed by atoms with Crippen molar-refractivity contribution < 1.29 is 27.5 Å². The fraction of sp³-hybridized carbons (Fsp3) is 0.394. The maximum absolute atomic E-state index is 14.3. The lowest BCUT2D eigenvalue weighted by Crippen LogP contribution is -2.53. The number of hydrogen-bond acceptors (Lipinski definition) is 6. The summed E-state index contributed by atoms with van der Waals surface area (Å²) in [5.41, 5.74) is 2.05. The highest BCUT2D eigenvalue weighted by Gasteiger charge is 2.35. The van der Waals surface area contributed by atoms with Crippen LogP contribution in [0, 0.1) is 6.92 Å². The first-order valence-electron chi connectivity index (χ1n) is 14.6. The molecule has 1 atom stereocenters. The van der Waals surface area contributed by atoms with Crippen LogP contribution >= 0.6 is 0 Å². The number of benzene rings is 3. The molecule has 0 spiro atoms. The molecule has 3 aromatic rings. The molecule has 0 heterocycles. The average molecular weight is 608 g/mol. The van der Waals surface area contributed by atoms with Gasteiger partial charge in [0.1, 0.15) is 24.1 Å². The predicted octanol–water partition coefficient (Wildman–Crippen LogP) is 5.07. The number of amides is 2. The van der Waals surface area contributed by atoms with Gasteiger partial charge in [0.05, 0.1) is 24.8 Å². The lowest BCUT2D eigenvalue weighted by atomic mass is 10.1. The van der Waals surface area contributed by atoms with Crippen molar-refractivity contribution in [2.24, 2.45) is 0 Å². The number of ether oxygens (including phenoxy) is 2. The Kier molecular flexibility index (Phi) is 10.7. The van der Waals surface area contributed by atoms with Gasteiger partial charge in [-0.2, -0.15) is 0 Å². The van der Waals surface area contributed by atoms with Crippen molar-refractivity contribution in [3.05, 3.63) is 83.9 Å². The maximum atomic E-state index is 14.3. The van der Waals surface area contributed by atoms with Crippen molar-refractivity contribution in [1.29, 1.82) is 0 Å². The van der Waals surface area contributed by atoms with Gasteiger partial charge in [0.25, 0.3) is 10.0 Å². The van der Waals surface area contributed by atoms with Crippen LogP contribution in [0.1, 0.15) is 50.2 Å². The highest BCUT2D eigenvalue weighted by molar-refractivity contribution is 7.92. The second-order valence-corrected chi connectivity index (χ2v) is 12.6. The van der Waals surface area contributed by atoms with Crippen LogP contribution in [-0.4, -0.2) is 58.0 Å². The summed E-state index contributed by atoms with van der Waals surface area (Å²) >= 11 is 0. The number of methoxy groups -OCH3 is 2. The van der Waals surface area contributed by atoms with E-state index in [9.17, 15) is 18.0 Å². The predicted molar refractivity (Wildman–Crippen MR) is 167 cm³/mol. The van der Waals surface area contributed by atoms with Crippen molar-refractivity contribution in [3.8, 4) is 11.5 Å². The Bertz CT molecular complexity index is 1490. The van der Waals surface area contributed by atoms with Gasteiger partial charge in [-0.3, -0.25) is 13.9 Å². The molecule has 0 aliphatic heterocycles. The van der Waals surface area contributed by atoms with E-state index in [1.165, 1.54) is 37.3 Å². The van der Waals surface area contributed by atoms with E-state index < -0.39 is 28.5 Å². The molecule has 10 heteroatoms. The van der Waals surface area contributed by atoms with Crippen molar-refractivity contribution in [3.63, 3.8) is 0 Å². The lowest BCUT2D eigenvalue weighted by molar-refractivity contribution is -0.140. The molecule has 1 saturated carbocycles. The van der Waals surface area contributed by atoms with Crippen LogP contribution < -0.4 is 19.1 Å². The fourth-order valence-corrected chi connectivity index (χ4v) is 6.84. The topological polar surface area (TPSA) is 105 Å². The van der Waals surface area contributed by atoms with Gasteiger partial charge in [0.2, 0.25) is 11.8 Å². The summed E-state index contributed by atoms with van der Waals surface area (Å²) in [6.45, 7) is 3.42. The van der Waals surface area contributed by atoms with E-state index in [1.807, 2.05) is 38.1 Å². The summed E-state index contributed by atoms with van der Waals surface area (Å²) < 4.78 is 40.2. The molecule has 0 unspecified atom stereocenters. The molecular weight excluding hydrogens is 566 g/mol. The number of nitrogens with zero attached hydrogens (tertiary/aromatic N) is 2. The number of rotatable bonds is 13. The number of hydrogen-bond donors (Lipinski definition) is 1. The summed E-state index contributed by atoms with van der Waals surface area (Å²) in [7, 11) is -1.33. The highest BCUT2D eigenvalue weighted by atomic mass is 32.2. The first-order valence-corrected chi connectivity index (χ1v) is 16.1. The van der Waals surface area contributed by atoms with Crippen molar-refractivity contribution in [2.75, 3.05) is 25.1 Å². The summed E-state index contributed by atoms with van der Waals surface area (Å²) in [5.74, 6) is -0.0933. The van der Waals surface area contributed by atoms with Crippen molar-refractivity contribution in [1.82, 2.24) is 10.2 Å². The molecule has 0 aromatic heterocycles. The van der Waals surface area contributed by atoms with Crippen LogP contribution in [0.2, 0.25) is 0 Å². The molecule has 3 aromatic carbocycles. The zero-order valence-electron chi connectivity index (χ0n) is 25.3. The first kappa shape index (κ1) is 31.9. The van der Waals surface area contributed by atoms with Gasteiger partial charge in [-0.15, -0.1) is 0 Å². The minimum atomic E-state index is -4.24. The first-order chi connectivity index (χ1) is 20.7. The molecule has 9 nitrogen and oxygen atoms in total. The quantitative estimate of drug-likeness (QED) is 0.291. The second-order valence-electron chi connectivity index (χ2n) is 10.8. The lowest BCUT2D eigenvalue weighted by Gasteiger charge is -2.34. The monoisotopic (exact) mass is 607 g/mol. The second kappa shape index (κ2) is 14.4. The summed E-state index contributed by atoms with van der Waals surface area (Å²) in [5, 5.41) is 3.13. The molecule has 0 bridgehead atoms. The SMILES string of the molecule is CC[C@@H](C(=O)NC1CCCC1)N(Cc1ccc(C)cc1)C(=O)CN(c1cc(OC)ccc1OC)S(=O)(=O)c1ccccc1. The van der Waals surface area contributed by atoms with E-state index in [2.05, 4.69) is 5.32 Å². The minimum absolute atomic E-state index is 0.0174. The van der Waals surface area contributed by atoms with Crippen LogP contribution in [0.5, 0.6) is 11.5 Å². The Hall–Kier alpha value is -4.05. The average Bonchev–Trinajstić information content (AvgIpc) is 3.53. The van der Waals surface area contributed by atoms with Gasteiger partial charge in [-0.25, -0.2) is 8.42 Å². The molecule has 2 amide bonds. The third kappa shape index (κ3) is 7.67.